The molecule has 0 saturated heterocycles. The van der Waals surface area contributed by atoms with Crippen LogP contribution in [0.1, 0.15) is 18.4 Å². The van der Waals surface area contributed by atoms with Crippen LogP contribution in [0.2, 0.25) is 0 Å². The molecule has 0 spiro atoms. The quantitative estimate of drug-likeness (QED) is 0.582. The molecule has 0 radical (unpaired) electrons. The molecule has 0 aromatic heterocycles. The maximum atomic E-state index is 11.6. The number of nitrogens with zero attached hydrogens (tertiary/aromatic N) is 1. The average Bonchev–Trinajstić information content (AvgIpc) is 3.22. The normalized spacial score (nSPS) is 15.4. The summed E-state index contributed by atoms with van der Waals surface area (Å²) in [5.74, 6) is -0.776. The van der Waals surface area contributed by atoms with E-state index in [9.17, 15) is 19.7 Å². The molecule has 0 unspecified atom stereocenters. The van der Waals surface area contributed by atoms with E-state index in [1.165, 1.54) is 12.1 Å². The molecular formula is C13H15N3O4. The van der Waals surface area contributed by atoms with Crippen LogP contribution in [-0.4, -0.2) is 22.8 Å². The number of benzene rings is 1. The summed E-state index contributed by atoms with van der Waals surface area (Å²) in [4.78, 5) is 33.1. The number of nitrogens with two attached hydrogens (primary N) is 1. The molecule has 0 bridgehead atoms. The number of nitro groups is 1. The first-order valence-corrected chi connectivity index (χ1v) is 6.30. The number of hydrogen-bond donors (Lipinski definition) is 2. The molecule has 1 aromatic carbocycles. The van der Waals surface area contributed by atoms with Gasteiger partial charge in [-0.2, -0.15) is 0 Å². The number of nitrogens with one attached hydrogen (secondary N) is 1. The van der Waals surface area contributed by atoms with E-state index in [-0.39, 0.29) is 23.9 Å². The SMILES string of the molecule is NC(=O)[C@H](Cc1ccc([N+](=O)[O-])cc1)NC(=O)C1CC1. The summed E-state index contributed by atoms with van der Waals surface area (Å²) in [7, 11) is 0. The summed E-state index contributed by atoms with van der Waals surface area (Å²) in [5, 5.41) is 13.2. The summed E-state index contributed by atoms with van der Waals surface area (Å²) in [6.07, 6.45) is 1.91. The van der Waals surface area contributed by atoms with Crippen LogP contribution in [0.15, 0.2) is 24.3 Å². The van der Waals surface area contributed by atoms with Crippen molar-refractivity contribution in [2.75, 3.05) is 0 Å². The van der Waals surface area contributed by atoms with Crippen molar-refractivity contribution in [2.45, 2.75) is 25.3 Å². The molecule has 106 valence electrons. The number of non-ortho nitro benzene ring substituents is 1. The van der Waals surface area contributed by atoms with E-state index in [2.05, 4.69) is 5.32 Å². The monoisotopic (exact) mass is 277 g/mol. The van der Waals surface area contributed by atoms with E-state index < -0.39 is 16.9 Å². The highest BCUT2D eigenvalue weighted by Crippen LogP contribution is 2.29. The Kier molecular flexibility index (Phi) is 3.97. The van der Waals surface area contributed by atoms with Gasteiger partial charge in [-0.1, -0.05) is 12.1 Å². The number of amides is 2. The fourth-order valence-corrected chi connectivity index (χ4v) is 1.85. The van der Waals surface area contributed by atoms with Crippen LogP contribution in [-0.2, 0) is 16.0 Å². The minimum Gasteiger partial charge on any atom is -0.368 e. The Labute approximate surface area is 115 Å². The first kappa shape index (κ1) is 14.0. The number of primary amides is 1. The lowest BCUT2D eigenvalue weighted by molar-refractivity contribution is -0.384. The Morgan fingerprint density at radius 3 is 2.40 bits per heavy atom. The molecule has 3 N–H and O–H groups in total. The van der Waals surface area contributed by atoms with Gasteiger partial charge in [0.05, 0.1) is 4.92 Å². The summed E-state index contributed by atoms with van der Waals surface area (Å²) >= 11 is 0. The molecule has 1 saturated carbocycles. The fourth-order valence-electron chi connectivity index (χ4n) is 1.85. The number of nitro benzene ring substituents is 1. The number of rotatable bonds is 6. The van der Waals surface area contributed by atoms with Gasteiger partial charge in [0.15, 0.2) is 0 Å². The van der Waals surface area contributed by atoms with E-state index in [4.69, 9.17) is 5.73 Å². The molecule has 20 heavy (non-hydrogen) atoms. The molecule has 2 amide bonds. The molecule has 0 heterocycles. The van der Waals surface area contributed by atoms with Crippen LogP contribution in [0, 0.1) is 16.0 Å². The van der Waals surface area contributed by atoms with Crippen LogP contribution in [0.5, 0.6) is 0 Å². The lowest BCUT2D eigenvalue weighted by Crippen LogP contribution is -2.46. The minimum atomic E-state index is -0.787. The standard InChI is InChI=1S/C13H15N3O4/c14-12(17)11(15-13(18)9-3-4-9)7-8-1-5-10(6-2-8)16(19)20/h1-2,5-6,9,11H,3-4,7H2,(H2,14,17)(H,15,18)/t11-/m0/s1. The first-order chi connectivity index (χ1) is 9.47. The summed E-state index contributed by atoms with van der Waals surface area (Å²) in [6.45, 7) is 0. The van der Waals surface area contributed by atoms with Crippen molar-refractivity contribution in [3.63, 3.8) is 0 Å². The van der Waals surface area contributed by atoms with Gasteiger partial charge in [-0.05, 0) is 18.4 Å². The molecule has 0 aliphatic heterocycles. The first-order valence-electron chi connectivity index (χ1n) is 6.30. The summed E-state index contributed by atoms with van der Waals surface area (Å²) < 4.78 is 0. The molecule has 1 atom stereocenters. The predicted molar refractivity (Wildman–Crippen MR) is 70.6 cm³/mol. The smallest absolute Gasteiger partial charge is 0.269 e. The third kappa shape index (κ3) is 3.53. The Balaban J connectivity index is 2.01. The predicted octanol–water partition coefficient (Wildman–Crippen LogP) is 0.517. The molecule has 1 fully saturated rings. The maximum Gasteiger partial charge on any atom is 0.269 e. The van der Waals surface area contributed by atoms with Gasteiger partial charge in [0.1, 0.15) is 6.04 Å². The lowest BCUT2D eigenvalue weighted by Gasteiger charge is -2.15. The van der Waals surface area contributed by atoms with Gasteiger partial charge in [0, 0.05) is 24.5 Å². The van der Waals surface area contributed by atoms with Crippen LogP contribution < -0.4 is 11.1 Å². The van der Waals surface area contributed by atoms with Gasteiger partial charge in [-0.15, -0.1) is 0 Å². The minimum absolute atomic E-state index is 0.00582. The molecule has 1 aliphatic carbocycles. The van der Waals surface area contributed by atoms with Crippen molar-refractivity contribution >= 4 is 17.5 Å². The van der Waals surface area contributed by atoms with Crippen molar-refractivity contribution in [1.82, 2.24) is 5.32 Å². The van der Waals surface area contributed by atoms with Gasteiger partial charge < -0.3 is 11.1 Å². The Hall–Kier alpha value is -2.44. The van der Waals surface area contributed by atoms with E-state index in [1.54, 1.807) is 12.1 Å². The molecule has 1 aromatic rings. The van der Waals surface area contributed by atoms with Crippen LogP contribution in [0.25, 0.3) is 0 Å². The number of carbonyl (C=O) groups excluding carboxylic acids is 2. The van der Waals surface area contributed by atoms with E-state index in [0.717, 1.165) is 12.8 Å². The van der Waals surface area contributed by atoms with Gasteiger partial charge in [0.25, 0.3) is 5.69 Å². The van der Waals surface area contributed by atoms with Crippen LogP contribution >= 0.6 is 0 Å². The third-order valence-electron chi connectivity index (χ3n) is 3.20. The van der Waals surface area contributed by atoms with Gasteiger partial charge in [-0.3, -0.25) is 19.7 Å². The van der Waals surface area contributed by atoms with Crippen LogP contribution in [0.3, 0.4) is 0 Å². The van der Waals surface area contributed by atoms with Crippen molar-refractivity contribution < 1.29 is 14.5 Å². The topological polar surface area (TPSA) is 115 Å². The second-order valence-corrected chi connectivity index (χ2v) is 4.87. The zero-order valence-corrected chi connectivity index (χ0v) is 10.7. The van der Waals surface area contributed by atoms with Crippen molar-refractivity contribution in [3.8, 4) is 0 Å². The molecule has 7 nitrogen and oxygen atoms in total. The van der Waals surface area contributed by atoms with Crippen molar-refractivity contribution in [1.29, 1.82) is 0 Å². The van der Waals surface area contributed by atoms with Gasteiger partial charge in [-0.25, -0.2) is 0 Å². The summed E-state index contributed by atoms with van der Waals surface area (Å²) in [5.41, 5.74) is 5.95. The molecular weight excluding hydrogens is 262 g/mol. The second-order valence-electron chi connectivity index (χ2n) is 4.87. The number of hydrogen-bond acceptors (Lipinski definition) is 4. The zero-order chi connectivity index (χ0) is 14.7. The molecule has 2 rings (SSSR count). The van der Waals surface area contributed by atoms with Crippen molar-refractivity contribution in [2.24, 2.45) is 11.7 Å². The average molecular weight is 277 g/mol. The number of carbonyl (C=O) groups is 2. The lowest BCUT2D eigenvalue weighted by atomic mass is 10.0. The zero-order valence-electron chi connectivity index (χ0n) is 10.7. The Morgan fingerprint density at radius 2 is 1.95 bits per heavy atom. The van der Waals surface area contributed by atoms with Gasteiger partial charge >= 0.3 is 0 Å². The Morgan fingerprint density at radius 1 is 1.35 bits per heavy atom. The third-order valence-corrected chi connectivity index (χ3v) is 3.20. The van der Waals surface area contributed by atoms with E-state index in [0.29, 0.717) is 5.56 Å². The summed E-state index contributed by atoms with van der Waals surface area (Å²) in [6, 6.07) is 5.03. The maximum absolute atomic E-state index is 11.6. The fraction of sp³-hybridized carbons (Fsp3) is 0.385. The highest BCUT2D eigenvalue weighted by Gasteiger charge is 2.32. The molecule has 7 heteroatoms. The van der Waals surface area contributed by atoms with E-state index in [1.807, 2.05) is 0 Å². The highest BCUT2D eigenvalue weighted by molar-refractivity contribution is 5.88. The largest absolute Gasteiger partial charge is 0.368 e. The highest BCUT2D eigenvalue weighted by atomic mass is 16.6. The van der Waals surface area contributed by atoms with Gasteiger partial charge in [0.2, 0.25) is 11.8 Å². The van der Waals surface area contributed by atoms with Crippen molar-refractivity contribution in [3.05, 3.63) is 39.9 Å². The van der Waals surface area contributed by atoms with Crippen LogP contribution in [0.4, 0.5) is 5.69 Å². The second kappa shape index (κ2) is 5.68. The molecule has 1 aliphatic rings. The van der Waals surface area contributed by atoms with E-state index >= 15 is 0 Å². The Bertz CT molecular complexity index is 537.